The first-order valence-corrected chi connectivity index (χ1v) is 7.97. The van der Waals surface area contributed by atoms with Crippen molar-refractivity contribution in [3.05, 3.63) is 0 Å². The monoisotopic (exact) mass is 229 g/mol. The Bertz CT molecular complexity index is 143. The maximum absolute atomic E-state index is 3.55. The van der Waals surface area contributed by atoms with Crippen molar-refractivity contribution in [2.75, 3.05) is 25.1 Å². The van der Waals surface area contributed by atoms with Crippen LogP contribution in [-0.2, 0) is 0 Å². The van der Waals surface area contributed by atoms with Gasteiger partial charge in [0.1, 0.15) is 0 Å². The van der Waals surface area contributed by atoms with Crippen LogP contribution in [0.3, 0.4) is 0 Å². The summed E-state index contributed by atoms with van der Waals surface area (Å²) in [6.07, 6.45) is 11.0. The standard InChI is InChI=1S/C13H27NS/c1-3-14-11-13(9-6-10-15-2)12-7-4-5-8-12/h12-14H,3-11H2,1-2H3. The molecule has 1 fully saturated rings. The van der Waals surface area contributed by atoms with Gasteiger partial charge in [-0.1, -0.05) is 32.6 Å². The summed E-state index contributed by atoms with van der Waals surface area (Å²) in [4.78, 5) is 0. The van der Waals surface area contributed by atoms with Gasteiger partial charge in [0.05, 0.1) is 0 Å². The Labute approximate surface area is 99.8 Å². The van der Waals surface area contributed by atoms with Gasteiger partial charge in [0.25, 0.3) is 0 Å². The van der Waals surface area contributed by atoms with E-state index >= 15 is 0 Å². The van der Waals surface area contributed by atoms with Crippen LogP contribution in [0.4, 0.5) is 0 Å². The summed E-state index contributed by atoms with van der Waals surface area (Å²) >= 11 is 1.99. The Kier molecular flexibility index (Phi) is 7.54. The van der Waals surface area contributed by atoms with Crippen molar-refractivity contribution >= 4 is 11.8 Å². The first-order valence-electron chi connectivity index (χ1n) is 6.58. The van der Waals surface area contributed by atoms with E-state index in [4.69, 9.17) is 0 Å². The molecule has 0 spiro atoms. The van der Waals surface area contributed by atoms with Gasteiger partial charge in [-0.3, -0.25) is 0 Å². The lowest BCUT2D eigenvalue weighted by atomic mass is 9.87. The smallest absolute Gasteiger partial charge is 0.00180 e. The van der Waals surface area contributed by atoms with Crippen LogP contribution in [0.25, 0.3) is 0 Å². The molecule has 0 heterocycles. The molecule has 0 aromatic carbocycles. The van der Waals surface area contributed by atoms with Crippen LogP contribution in [0.2, 0.25) is 0 Å². The minimum atomic E-state index is 0.958. The summed E-state index contributed by atoms with van der Waals surface area (Å²) in [6, 6.07) is 0. The Morgan fingerprint density at radius 3 is 2.67 bits per heavy atom. The molecular formula is C13H27NS. The van der Waals surface area contributed by atoms with Crippen molar-refractivity contribution in [2.24, 2.45) is 11.8 Å². The molecule has 1 N–H and O–H groups in total. The third-order valence-corrected chi connectivity index (χ3v) is 4.34. The summed E-state index contributed by atoms with van der Waals surface area (Å²) in [5.74, 6) is 3.33. The highest BCUT2D eigenvalue weighted by molar-refractivity contribution is 7.98. The van der Waals surface area contributed by atoms with E-state index in [1.165, 1.54) is 50.8 Å². The predicted octanol–water partition coefficient (Wildman–Crippen LogP) is 3.55. The molecule has 1 rings (SSSR count). The lowest BCUT2D eigenvalue weighted by Crippen LogP contribution is -2.27. The van der Waals surface area contributed by atoms with Gasteiger partial charge in [0, 0.05) is 0 Å². The Hall–Kier alpha value is 0.310. The van der Waals surface area contributed by atoms with Gasteiger partial charge >= 0.3 is 0 Å². The largest absolute Gasteiger partial charge is 0.317 e. The fourth-order valence-electron chi connectivity index (χ4n) is 2.75. The number of nitrogens with one attached hydrogen (secondary N) is 1. The zero-order valence-electron chi connectivity index (χ0n) is 10.4. The molecule has 0 radical (unpaired) electrons. The van der Waals surface area contributed by atoms with Crippen LogP contribution in [0.1, 0.15) is 45.4 Å². The van der Waals surface area contributed by atoms with Crippen LogP contribution >= 0.6 is 11.8 Å². The summed E-state index contributed by atoms with van der Waals surface area (Å²) < 4.78 is 0. The average molecular weight is 229 g/mol. The van der Waals surface area contributed by atoms with Crippen LogP contribution in [0.15, 0.2) is 0 Å². The van der Waals surface area contributed by atoms with E-state index in [1.54, 1.807) is 0 Å². The molecule has 1 unspecified atom stereocenters. The zero-order chi connectivity index (χ0) is 10.9. The van der Waals surface area contributed by atoms with Gasteiger partial charge in [0.15, 0.2) is 0 Å². The molecule has 1 aliphatic rings. The highest BCUT2D eigenvalue weighted by atomic mass is 32.2. The maximum Gasteiger partial charge on any atom is -0.00180 e. The van der Waals surface area contributed by atoms with Crippen molar-refractivity contribution in [1.82, 2.24) is 5.32 Å². The van der Waals surface area contributed by atoms with Crippen LogP contribution in [-0.4, -0.2) is 25.1 Å². The van der Waals surface area contributed by atoms with Crippen molar-refractivity contribution in [1.29, 1.82) is 0 Å². The SMILES string of the molecule is CCNCC(CCCSC)C1CCCC1. The lowest BCUT2D eigenvalue weighted by molar-refractivity contribution is 0.305. The highest BCUT2D eigenvalue weighted by Crippen LogP contribution is 2.33. The number of thioether (sulfide) groups is 1. The molecular weight excluding hydrogens is 202 g/mol. The first-order chi connectivity index (χ1) is 7.38. The molecule has 15 heavy (non-hydrogen) atoms. The molecule has 2 heteroatoms. The molecule has 0 aromatic rings. The van der Waals surface area contributed by atoms with Crippen LogP contribution in [0.5, 0.6) is 0 Å². The maximum atomic E-state index is 3.55. The van der Waals surface area contributed by atoms with E-state index in [2.05, 4.69) is 18.5 Å². The zero-order valence-corrected chi connectivity index (χ0v) is 11.2. The van der Waals surface area contributed by atoms with E-state index in [1.807, 2.05) is 11.8 Å². The number of rotatable bonds is 8. The topological polar surface area (TPSA) is 12.0 Å². The van der Waals surface area contributed by atoms with Crippen molar-refractivity contribution in [3.63, 3.8) is 0 Å². The van der Waals surface area contributed by atoms with Gasteiger partial charge < -0.3 is 5.32 Å². The predicted molar refractivity (Wildman–Crippen MR) is 71.6 cm³/mol. The van der Waals surface area contributed by atoms with E-state index < -0.39 is 0 Å². The van der Waals surface area contributed by atoms with E-state index in [0.717, 1.165) is 18.4 Å². The molecule has 0 saturated heterocycles. The van der Waals surface area contributed by atoms with Gasteiger partial charge in [-0.05, 0) is 49.8 Å². The third-order valence-electron chi connectivity index (χ3n) is 3.65. The summed E-state index contributed by atoms with van der Waals surface area (Å²) in [5.41, 5.74) is 0. The van der Waals surface area contributed by atoms with Gasteiger partial charge in [-0.15, -0.1) is 0 Å². The second-order valence-corrected chi connectivity index (χ2v) is 5.73. The fraction of sp³-hybridized carbons (Fsp3) is 1.00. The normalized spacial score (nSPS) is 19.6. The minimum absolute atomic E-state index is 0.958. The second kappa shape index (κ2) is 8.46. The van der Waals surface area contributed by atoms with E-state index in [9.17, 15) is 0 Å². The molecule has 0 aromatic heterocycles. The van der Waals surface area contributed by atoms with E-state index in [0.29, 0.717) is 0 Å². The molecule has 90 valence electrons. The van der Waals surface area contributed by atoms with E-state index in [-0.39, 0.29) is 0 Å². The molecule has 1 saturated carbocycles. The number of hydrogen-bond donors (Lipinski definition) is 1. The highest BCUT2D eigenvalue weighted by Gasteiger charge is 2.23. The lowest BCUT2D eigenvalue weighted by Gasteiger charge is -2.23. The molecule has 0 amide bonds. The molecule has 0 bridgehead atoms. The molecule has 0 aliphatic heterocycles. The average Bonchev–Trinajstić information content (AvgIpc) is 2.76. The summed E-state index contributed by atoms with van der Waals surface area (Å²) in [5, 5.41) is 3.55. The first kappa shape index (κ1) is 13.4. The van der Waals surface area contributed by atoms with Crippen LogP contribution in [0, 0.1) is 11.8 Å². The van der Waals surface area contributed by atoms with Gasteiger partial charge in [-0.25, -0.2) is 0 Å². The van der Waals surface area contributed by atoms with Gasteiger partial charge in [0.2, 0.25) is 0 Å². The van der Waals surface area contributed by atoms with Crippen molar-refractivity contribution in [2.45, 2.75) is 45.4 Å². The number of hydrogen-bond acceptors (Lipinski definition) is 2. The fourth-order valence-corrected chi connectivity index (χ4v) is 3.21. The third kappa shape index (κ3) is 5.26. The van der Waals surface area contributed by atoms with Gasteiger partial charge in [-0.2, -0.15) is 11.8 Å². The minimum Gasteiger partial charge on any atom is -0.317 e. The Morgan fingerprint density at radius 1 is 1.33 bits per heavy atom. The summed E-state index contributed by atoms with van der Waals surface area (Å²) in [7, 11) is 0. The Balaban J connectivity index is 2.23. The summed E-state index contributed by atoms with van der Waals surface area (Å²) in [6.45, 7) is 4.61. The van der Waals surface area contributed by atoms with Crippen molar-refractivity contribution in [3.8, 4) is 0 Å². The Morgan fingerprint density at radius 2 is 2.07 bits per heavy atom. The second-order valence-electron chi connectivity index (χ2n) is 4.75. The molecule has 1 nitrogen and oxygen atoms in total. The quantitative estimate of drug-likeness (QED) is 0.639. The van der Waals surface area contributed by atoms with Crippen molar-refractivity contribution < 1.29 is 0 Å². The molecule has 1 aliphatic carbocycles. The molecule has 1 atom stereocenters. The van der Waals surface area contributed by atoms with Crippen LogP contribution < -0.4 is 5.32 Å².